The molecule has 0 N–H and O–H groups in total. The number of hydrogen-bond donors (Lipinski definition) is 0. The fourth-order valence-electron chi connectivity index (χ4n) is 1.49. The van der Waals surface area contributed by atoms with Gasteiger partial charge in [-0.1, -0.05) is 12.8 Å². The van der Waals surface area contributed by atoms with Crippen LogP contribution in [0.3, 0.4) is 0 Å². The van der Waals surface area contributed by atoms with E-state index in [4.69, 9.17) is 13.8 Å². The first-order valence-electron chi connectivity index (χ1n) is 5.22. The minimum atomic E-state index is -3.02. The normalized spacial score (nSPS) is 24.3. The maximum Gasteiger partial charge on any atom is 0.353 e. The summed E-state index contributed by atoms with van der Waals surface area (Å²) in [5.41, 5.74) is 0. The van der Waals surface area contributed by atoms with E-state index >= 15 is 0 Å². The van der Waals surface area contributed by atoms with Crippen molar-refractivity contribution in [3.05, 3.63) is 11.9 Å². The van der Waals surface area contributed by atoms with Crippen molar-refractivity contribution in [1.29, 1.82) is 0 Å². The van der Waals surface area contributed by atoms with Crippen LogP contribution in [0.2, 0.25) is 0 Å². The molecule has 1 saturated heterocycles. The zero-order valence-corrected chi connectivity index (χ0v) is 10.2. The molecule has 1 aliphatic heterocycles. The molecule has 0 radical (unpaired) electrons. The van der Waals surface area contributed by atoms with Crippen molar-refractivity contribution in [1.82, 2.24) is 0 Å². The third kappa shape index (κ3) is 4.47. The lowest BCUT2D eigenvalue weighted by Gasteiger charge is -2.12. The Morgan fingerprint density at radius 3 is 2.67 bits per heavy atom. The second kappa shape index (κ2) is 6.44. The Labute approximate surface area is 91.1 Å². The molecular formula is C10H19O4P. The molecule has 5 heteroatoms. The summed E-state index contributed by atoms with van der Waals surface area (Å²) in [5, 5.41) is 0. The highest BCUT2D eigenvalue weighted by molar-refractivity contribution is 7.57. The summed E-state index contributed by atoms with van der Waals surface area (Å²) >= 11 is 0. The Morgan fingerprint density at radius 1 is 1.27 bits per heavy atom. The van der Waals surface area contributed by atoms with Gasteiger partial charge in [0.1, 0.15) is 0 Å². The average molecular weight is 234 g/mol. The largest absolute Gasteiger partial charge is 0.374 e. The zero-order valence-electron chi connectivity index (χ0n) is 9.35. The van der Waals surface area contributed by atoms with E-state index in [1.165, 1.54) is 26.5 Å². The lowest BCUT2D eigenvalue weighted by molar-refractivity contribution is 0.0916. The molecule has 1 unspecified atom stereocenters. The summed E-state index contributed by atoms with van der Waals surface area (Å²) in [6.07, 6.45) is 6.28. The van der Waals surface area contributed by atoms with Crippen molar-refractivity contribution in [2.45, 2.75) is 31.8 Å². The van der Waals surface area contributed by atoms with E-state index in [0.29, 0.717) is 0 Å². The third-order valence-electron chi connectivity index (χ3n) is 2.46. The third-order valence-corrected chi connectivity index (χ3v) is 4.01. The van der Waals surface area contributed by atoms with Gasteiger partial charge in [0.2, 0.25) is 0 Å². The molecule has 0 amide bonds. The zero-order chi connectivity index (χ0) is 11.1. The molecule has 1 rings (SSSR count). The first kappa shape index (κ1) is 12.9. The van der Waals surface area contributed by atoms with Crippen LogP contribution in [0, 0.1) is 0 Å². The van der Waals surface area contributed by atoms with E-state index in [9.17, 15) is 4.57 Å². The molecule has 0 aromatic heterocycles. The molecular weight excluding hydrogens is 215 g/mol. The second-order valence-electron chi connectivity index (χ2n) is 3.51. The summed E-state index contributed by atoms with van der Waals surface area (Å²) in [7, 11) is -0.267. The van der Waals surface area contributed by atoms with Crippen LogP contribution >= 0.6 is 7.60 Å². The SMILES string of the molecule is COP(=O)(/C=C/C1CCCCCO1)OC. The van der Waals surface area contributed by atoms with Gasteiger partial charge in [0.05, 0.1) is 6.10 Å². The van der Waals surface area contributed by atoms with Crippen LogP contribution in [0.15, 0.2) is 11.9 Å². The van der Waals surface area contributed by atoms with Gasteiger partial charge < -0.3 is 13.8 Å². The van der Waals surface area contributed by atoms with Gasteiger partial charge in [-0.3, -0.25) is 4.57 Å². The number of ether oxygens (including phenoxy) is 1. The minimum absolute atomic E-state index is 0.0473. The van der Waals surface area contributed by atoms with Crippen molar-refractivity contribution >= 4 is 7.60 Å². The van der Waals surface area contributed by atoms with Crippen LogP contribution in [0.25, 0.3) is 0 Å². The van der Waals surface area contributed by atoms with Crippen LogP contribution in [0.5, 0.6) is 0 Å². The summed E-state index contributed by atoms with van der Waals surface area (Å²) in [4.78, 5) is 0. The number of rotatable bonds is 4. The Bertz CT molecular complexity index is 236. The van der Waals surface area contributed by atoms with Crippen molar-refractivity contribution in [3.63, 3.8) is 0 Å². The average Bonchev–Trinajstić information content (AvgIpc) is 2.54. The summed E-state index contributed by atoms with van der Waals surface area (Å²) < 4.78 is 26.9. The molecule has 0 saturated carbocycles. The summed E-state index contributed by atoms with van der Waals surface area (Å²) in [6.45, 7) is 0.777. The molecule has 88 valence electrons. The Hall–Kier alpha value is -0.150. The van der Waals surface area contributed by atoms with Crippen LogP contribution in [0.1, 0.15) is 25.7 Å². The fraction of sp³-hybridized carbons (Fsp3) is 0.800. The molecule has 4 nitrogen and oxygen atoms in total. The van der Waals surface area contributed by atoms with Gasteiger partial charge in [0.15, 0.2) is 0 Å². The van der Waals surface area contributed by atoms with E-state index < -0.39 is 7.60 Å². The highest BCUT2D eigenvalue weighted by Crippen LogP contribution is 2.48. The van der Waals surface area contributed by atoms with Gasteiger partial charge in [-0.25, -0.2) is 0 Å². The molecule has 1 fully saturated rings. The van der Waals surface area contributed by atoms with Crippen molar-refractivity contribution in [2.24, 2.45) is 0 Å². The second-order valence-corrected chi connectivity index (χ2v) is 5.61. The van der Waals surface area contributed by atoms with Crippen molar-refractivity contribution in [3.8, 4) is 0 Å². The van der Waals surface area contributed by atoms with E-state index in [1.807, 2.05) is 0 Å². The molecule has 15 heavy (non-hydrogen) atoms. The quantitative estimate of drug-likeness (QED) is 0.701. The topological polar surface area (TPSA) is 44.8 Å². The predicted molar refractivity (Wildman–Crippen MR) is 59.0 cm³/mol. The van der Waals surface area contributed by atoms with E-state index in [2.05, 4.69) is 0 Å². The molecule has 1 heterocycles. The van der Waals surface area contributed by atoms with Crippen LogP contribution in [-0.4, -0.2) is 26.9 Å². The summed E-state index contributed by atoms with van der Waals surface area (Å²) in [6, 6.07) is 0. The van der Waals surface area contributed by atoms with Crippen LogP contribution < -0.4 is 0 Å². The minimum Gasteiger partial charge on any atom is -0.374 e. The fourth-order valence-corrected chi connectivity index (χ4v) is 2.29. The monoisotopic (exact) mass is 234 g/mol. The van der Waals surface area contributed by atoms with Gasteiger partial charge in [-0.15, -0.1) is 0 Å². The van der Waals surface area contributed by atoms with Gasteiger partial charge >= 0.3 is 7.60 Å². The smallest absolute Gasteiger partial charge is 0.353 e. The van der Waals surface area contributed by atoms with Gasteiger partial charge in [0.25, 0.3) is 0 Å². The molecule has 0 aliphatic carbocycles. The van der Waals surface area contributed by atoms with E-state index in [1.54, 1.807) is 6.08 Å². The molecule has 1 aliphatic rings. The molecule has 0 aromatic carbocycles. The first-order valence-corrected chi connectivity index (χ1v) is 6.83. The van der Waals surface area contributed by atoms with Crippen molar-refractivity contribution < 1.29 is 18.3 Å². The van der Waals surface area contributed by atoms with Gasteiger partial charge in [-0.05, 0) is 18.9 Å². The molecule has 0 spiro atoms. The van der Waals surface area contributed by atoms with Gasteiger partial charge in [0, 0.05) is 26.6 Å². The molecule has 0 bridgehead atoms. The van der Waals surface area contributed by atoms with E-state index in [0.717, 1.165) is 25.9 Å². The highest BCUT2D eigenvalue weighted by atomic mass is 31.2. The maximum atomic E-state index is 11.7. The number of hydrogen-bond acceptors (Lipinski definition) is 4. The van der Waals surface area contributed by atoms with Gasteiger partial charge in [-0.2, -0.15) is 0 Å². The Balaban J connectivity index is 2.50. The lowest BCUT2D eigenvalue weighted by Crippen LogP contribution is -2.07. The standard InChI is InChI=1S/C10H19O4P/c1-12-15(11,13-2)9-7-10-6-4-3-5-8-14-10/h7,9-10H,3-6,8H2,1-2H3/b9-7+. The Morgan fingerprint density at radius 2 is 2.00 bits per heavy atom. The molecule has 1 atom stereocenters. The maximum absolute atomic E-state index is 11.7. The Kier molecular flexibility index (Phi) is 5.54. The van der Waals surface area contributed by atoms with Crippen LogP contribution in [-0.2, 0) is 18.3 Å². The van der Waals surface area contributed by atoms with Crippen molar-refractivity contribution in [2.75, 3.05) is 20.8 Å². The predicted octanol–water partition coefficient (Wildman–Crippen LogP) is 2.95. The van der Waals surface area contributed by atoms with Crippen LogP contribution in [0.4, 0.5) is 0 Å². The lowest BCUT2D eigenvalue weighted by atomic mass is 10.1. The van der Waals surface area contributed by atoms with E-state index in [-0.39, 0.29) is 6.10 Å². The summed E-state index contributed by atoms with van der Waals surface area (Å²) in [5.74, 6) is 1.49. The molecule has 0 aromatic rings. The highest BCUT2D eigenvalue weighted by Gasteiger charge is 2.17. The first-order chi connectivity index (χ1) is 7.20.